The summed E-state index contributed by atoms with van der Waals surface area (Å²) in [6.45, 7) is 3.99. The fourth-order valence-electron chi connectivity index (χ4n) is 2.70. The quantitative estimate of drug-likeness (QED) is 0.811. The molecule has 1 fully saturated rings. The number of amides is 1. The number of carbonyl (C=O) groups excluding carboxylic acids is 1. The maximum absolute atomic E-state index is 12.5. The van der Waals surface area contributed by atoms with Gasteiger partial charge in [-0.25, -0.2) is 0 Å². The first-order valence-electron chi connectivity index (χ1n) is 6.72. The van der Waals surface area contributed by atoms with Crippen LogP contribution in [0.15, 0.2) is 24.3 Å². The van der Waals surface area contributed by atoms with Crippen molar-refractivity contribution >= 4 is 33.0 Å². The molecule has 2 aromatic rings. The van der Waals surface area contributed by atoms with Crippen molar-refractivity contribution in [2.24, 2.45) is 5.92 Å². The van der Waals surface area contributed by atoms with Gasteiger partial charge in [0.05, 0.1) is 4.88 Å². The Morgan fingerprint density at radius 3 is 3.05 bits per heavy atom. The Kier molecular flexibility index (Phi) is 3.19. The lowest BCUT2D eigenvalue weighted by Gasteiger charge is -2.30. The number of nitrogens with two attached hydrogens (primary N) is 1. The van der Waals surface area contributed by atoms with Crippen LogP contribution >= 0.6 is 11.3 Å². The molecule has 1 saturated heterocycles. The van der Waals surface area contributed by atoms with Gasteiger partial charge in [-0.05, 0) is 48.4 Å². The fourth-order valence-corrected chi connectivity index (χ4v) is 3.71. The molecule has 1 aliphatic rings. The van der Waals surface area contributed by atoms with Crippen molar-refractivity contribution in [1.29, 1.82) is 0 Å². The van der Waals surface area contributed by atoms with E-state index in [0.717, 1.165) is 40.2 Å². The molecule has 4 heteroatoms. The van der Waals surface area contributed by atoms with Crippen LogP contribution in [0.5, 0.6) is 0 Å². The molecule has 1 aromatic heterocycles. The van der Waals surface area contributed by atoms with Crippen molar-refractivity contribution in [2.45, 2.75) is 19.8 Å². The van der Waals surface area contributed by atoms with Crippen LogP contribution in [0.4, 0.5) is 5.69 Å². The van der Waals surface area contributed by atoms with Crippen LogP contribution in [0.2, 0.25) is 0 Å². The van der Waals surface area contributed by atoms with Gasteiger partial charge in [-0.2, -0.15) is 0 Å². The van der Waals surface area contributed by atoms with Gasteiger partial charge in [0, 0.05) is 23.5 Å². The molecule has 0 bridgehead atoms. The zero-order valence-electron chi connectivity index (χ0n) is 11.1. The molecule has 1 aromatic carbocycles. The summed E-state index contributed by atoms with van der Waals surface area (Å²) in [6.07, 6.45) is 2.34. The molecule has 0 saturated carbocycles. The number of hydrogen-bond donors (Lipinski definition) is 1. The minimum atomic E-state index is 0.173. The van der Waals surface area contributed by atoms with Crippen LogP contribution in [-0.4, -0.2) is 23.9 Å². The molecule has 0 radical (unpaired) electrons. The van der Waals surface area contributed by atoms with E-state index in [4.69, 9.17) is 5.73 Å². The molecule has 1 unspecified atom stereocenters. The average molecular weight is 274 g/mol. The summed E-state index contributed by atoms with van der Waals surface area (Å²) in [5, 5.41) is 1.07. The van der Waals surface area contributed by atoms with E-state index in [1.807, 2.05) is 29.2 Å². The Labute approximate surface area is 117 Å². The Hall–Kier alpha value is -1.55. The number of thiophene rings is 1. The van der Waals surface area contributed by atoms with Crippen molar-refractivity contribution in [2.75, 3.05) is 18.8 Å². The van der Waals surface area contributed by atoms with E-state index < -0.39 is 0 Å². The Morgan fingerprint density at radius 1 is 1.42 bits per heavy atom. The zero-order chi connectivity index (χ0) is 13.4. The predicted molar refractivity (Wildman–Crippen MR) is 80.5 cm³/mol. The first-order chi connectivity index (χ1) is 9.13. The molecular weight excluding hydrogens is 256 g/mol. The molecule has 0 spiro atoms. The molecule has 0 aliphatic carbocycles. The Morgan fingerprint density at radius 2 is 2.26 bits per heavy atom. The van der Waals surface area contributed by atoms with Gasteiger partial charge >= 0.3 is 0 Å². The molecule has 19 heavy (non-hydrogen) atoms. The van der Waals surface area contributed by atoms with E-state index in [9.17, 15) is 4.79 Å². The first kappa shape index (κ1) is 12.5. The summed E-state index contributed by atoms with van der Waals surface area (Å²) in [5.41, 5.74) is 6.53. The minimum Gasteiger partial charge on any atom is -0.399 e. The van der Waals surface area contributed by atoms with Crippen molar-refractivity contribution in [1.82, 2.24) is 4.90 Å². The van der Waals surface area contributed by atoms with Gasteiger partial charge in [-0.15, -0.1) is 11.3 Å². The maximum Gasteiger partial charge on any atom is 0.263 e. The first-order valence-corrected chi connectivity index (χ1v) is 7.53. The largest absolute Gasteiger partial charge is 0.399 e. The third kappa shape index (κ3) is 2.45. The molecule has 1 atom stereocenters. The number of benzene rings is 1. The number of carbonyl (C=O) groups is 1. The van der Waals surface area contributed by atoms with Crippen LogP contribution in [0, 0.1) is 5.92 Å². The van der Waals surface area contributed by atoms with E-state index in [0.29, 0.717) is 5.92 Å². The summed E-state index contributed by atoms with van der Waals surface area (Å²) in [7, 11) is 0. The Bertz CT molecular complexity index is 620. The van der Waals surface area contributed by atoms with Crippen molar-refractivity contribution in [3.63, 3.8) is 0 Å². The number of rotatable bonds is 1. The molecule has 100 valence electrons. The van der Waals surface area contributed by atoms with Crippen LogP contribution in [0.1, 0.15) is 29.4 Å². The number of nitrogen functional groups attached to an aromatic ring is 1. The minimum absolute atomic E-state index is 0.173. The maximum atomic E-state index is 12.5. The normalized spacial score (nSPS) is 19.8. The lowest BCUT2D eigenvalue weighted by molar-refractivity contribution is 0.0688. The van der Waals surface area contributed by atoms with Crippen LogP contribution < -0.4 is 5.73 Å². The second-order valence-corrected chi connectivity index (χ2v) is 6.49. The number of fused-ring (bicyclic) bond motifs is 1. The summed E-state index contributed by atoms with van der Waals surface area (Å²) in [5.74, 6) is 0.786. The van der Waals surface area contributed by atoms with Crippen molar-refractivity contribution < 1.29 is 4.79 Å². The number of anilines is 1. The molecule has 2 heterocycles. The van der Waals surface area contributed by atoms with Gasteiger partial charge in [0.1, 0.15) is 0 Å². The lowest BCUT2D eigenvalue weighted by atomic mass is 10.0. The van der Waals surface area contributed by atoms with Crippen molar-refractivity contribution in [3.8, 4) is 0 Å². The predicted octanol–water partition coefficient (Wildman–Crippen LogP) is 3.36. The van der Waals surface area contributed by atoms with Crippen LogP contribution in [0.3, 0.4) is 0 Å². The smallest absolute Gasteiger partial charge is 0.263 e. The van der Waals surface area contributed by atoms with Crippen LogP contribution in [-0.2, 0) is 0 Å². The second-order valence-electron chi connectivity index (χ2n) is 5.41. The van der Waals surface area contributed by atoms with Gasteiger partial charge < -0.3 is 10.6 Å². The highest BCUT2D eigenvalue weighted by Gasteiger charge is 2.23. The van der Waals surface area contributed by atoms with E-state index >= 15 is 0 Å². The van der Waals surface area contributed by atoms with Crippen molar-refractivity contribution in [3.05, 3.63) is 29.1 Å². The number of likely N-dealkylation sites (tertiary alicyclic amines) is 1. The molecule has 1 amide bonds. The highest BCUT2D eigenvalue weighted by molar-refractivity contribution is 7.20. The van der Waals surface area contributed by atoms with E-state index in [1.54, 1.807) is 11.3 Å². The number of nitrogens with zero attached hydrogens (tertiary/aromatic N) is 1. The molecule has 3 rings (SSSR count). The molecular formula is C15H18N2OS. The van der Waals surface area contributed by atoms with Crippen LogP contribution in [0.25, 0.3) is 10.1 Å². The zero-order valence-corrected chi connectivity index (χ0v) is 11.9. The molecule has 3 nitrogen and oxygen atoms in total. The molecule has 2 N–H and O–H groups in total. The number of piperidine rings is 1. The topological polar surface area (TPSA) is 46.3 Å². The highest BCUT2D eigenvalue weighted by atomic mass is 32.1. The number of hydrogen-bond acceptors (Lipinski definition) is 3. The summed E-state index contributed by atoms with van der Waals surface area (Å²) in [6, 6.07) is 7.78. The van der Waals surface area contributed by atoms with Gasteiger partial charge in [0.25, 0.3) is 5.91 Å². The SMILES string of the molecule is CC1CCCN(C(=O)c2cc3cc(N)ccc3s2)C1. The van der Waals surface area contributed by atoms with E-state index in [2.05, 4.69) is 6.92 Å². The Balaban J connectivity index is 1.88. The summed E-state index contributed by atoms with van der Waals surface area (Å²) >= 11 is 1.56. The fraction of sp³-hybridized carbons (Fsp3) is 0.400. The third-order valence-corrected chi connectivity index (χ3v) is 4.80. The van der Waals surface area contributed by atoms with Gasteiger partial charge in [0.15, 0.2) is 0 Å². The van der Waals surface area contributed by atoms with Gasteiger partial charge in [-0.1, -0.05) is 6.92 Å². The second kappa shape index (κ2) is 4.85. The monoisotopic (exact) mass is 274 g/mol. The van der Waals surface area contributed by atoms with Gasteiger partial charge in [-0.3, -0.25) is 4.79 Å². The van der Waals surface area contributed by atoms with E-state index in [1.165, 1.54) is 6.42 Å². The van der Waals surface area contributed by atoms with E-state index in [-0.39, 0.29) is 5.91 Å². The summed E-state index contributed by atoms with van der Waals surface area (Å²) in [4.78, 5) is 15.3. The standard InChI is InChI=1S/C15H18N2OS/c1-10-3-2-6-17(9-10)15(18)14-8-11-7-12(16)4-5-13(11)19-14/h4-5,7-8,10H,2-3,6,9,16H2,1H3. The highest BCUT2D eigenvalue weighted by Crippen LogP contribution is 2.29. The lowest BCUT2D eigenvalue weighted by Crippen LogP contribution is -2.38. The third-order valence-electron chi connectivity index (χ3n) is 3.70. The molecule has 1 aliphatic heterocycles. The van der Waals surface area contributed by atoms with Gasteiger partial charge in [0.2, 0.25) is 0 Å². The summed E-state index contributed by atoms with van der Waals surface area (Å²) < 4.78 is 1.13. The average Bonchev–Trinajstić information content (AvgIpc) is 2.80.